The number of amides is 1. The fourth-order valence-electron chi connectivity index (χ4n) is 3.42. The van der Waals surface area contributed by atoms with E-state index in [0.29, 0.717) is 17.6 Å². The van der Waals surface area contributed by atoms with Crippen molar-refractivity contribution in [3.8, 4) is 0 Å². The fraction of sp³-hybridized carbons (Fsp3) is 0.526. The molecule has 1 saturated carbocycles. The summed E-state index contributed by atoms with van der Waals surface area (Å²) in [5, 5.41) is 7.55. The zero-order chi connectivity index (χ0) is 18.5. The molecule has 1 unspecified atom stereocenters. The van der Waals surface area contributed by atoms with Crippen molar-refractivity contribution < 1.29 is 9.18 Å². The maximum Gasteiger partial charge on any atom is 0.235 e. The highest BCUT2D eigenvalue weighted by Crippen LogP contribution is 2.28. The van der Waals surface area contributed by atoms with E-state index in [1.165, 1.54) is 49.6 Å². The van der Waals surface area contributed by atoms with Crippen molar-refractivity contribution in [2.75, 3.05) is 7.05 Å². The third-order valence-corrected chi connectivity index (χ3v) is 5.73. The van der Waals surface area contributed by atoms with Crippen LogP contribution < -0.4 is 0 Å². The Morgan fingerprint density at radius 2 is 2.19 bits per heavy atom. The van der Waals surface area contributed by atoms with Crippen molar-refractivity contribution in [1.82, 2.24) is 20.1 Å². The lowest BCUT2D eigenvalue weighted by atomic mass is 10.0. The maximum atomic E-state index is 13.3. The number of rotatable bonds is 7. The molecule has 2 aromatic rings. The van der Waals surface area contributed by atoms with Crippen LogP contribution in [0.15, 0.2) is 29.4 Å². The molecule has 1 heterocycles. The van der Waals surface area contributed by atoms with Crippen LogP contribution in [0.3, 0.4) is 0 Å². The summed E-state index contributed by atoms with van der Waals surface area (Å²) >= 11 is 1.35. The molecule has 0 spiro atoms. The standard InChI is InChI=1S/C19H25FN4OS/c1-13(18(25)24(2)12-15-8-5-9-16(20)10-15)26-19-21-17(22-23-19)11-14-6-3-4-7-14/h5,8-10,13-14H,3-4,6-7,11-12H2,1-2H3,(H,21,22,23). The molecule has 5 nitrogen and oxygen atoms in total. The lowest BCUT2D eigenvalue weighted by molar-refractivity contribution is -0.129. The minimum absolute atomic E-state index is 0.0265. The summed E-state index contributed by atoms with van der Waals surface area (Å²) < 4.78 is 13.3. The number of carbonyl (C=O) groups is 1. The van der Waals surface area contributed by atoms with Gasteiger partial charge in [-0.05, 0) is 30.5 Å². The first-order valence-corrected chi connectivity index (χ1v) is 9.96. The number of aromatic nitrogens is 3. The van der Waals surface area contributed by atoms with Crippen molar-refractivity contribution in [1.29, 1.82) is 0 Å². The van der Waals surface area contributed by atoms with Crippen LogP contribution in [-0.2, 0) is 17.8 Å². The minimum Gasteiger partial charge on any atom is -0.340 e. The van der Waals surface area contributed by atoms with Crippen molar-refractivity contribution in [2.24, 2.45) is 5.92 Å². The maximum absolute atomic E-state index is 13.3. The first-order valence-electron chi connectivity index (χ1n) is 9.08. The van der Waals surface area contributed by atoms with Crippen molar-refractivity contribution in [2.45, 2.75) is 56.0 Å². The number of hydrogen-bond acceptors (Lipinski definition) is 4. The summed E-state index contributed by atoms with van der Waals surface area (Å²) in [7, 11) is 1.73. The quantitative estimate of drug-likeness (QED) is 0.747. The lowest BCUT2D eigenvalue weighted by Crippen LogP contribution is -2.32. The Morgan fingerprint density at radius 3 is 2.92 bits per heavy atom. The summed E-state index contributed by atoms with van der Waals surface area (Å²) in [4.78, 5) is 18.7. The summed E-state index contributed by atoms with van der Waals surface area (Å²) in [6.45, 7) is 2.23. The van der Waals surface area contributed by atoms with Crippen LogP contribution in [-0.4, -0.2) is 38.3 Å². The van der Waals surface area contributed by atoms with Gasteiger partial charge >= 0.3 is 0 Å². The molecule has 140 valence electrons. The van der Waals surface area contributed by atoms with Gasteiger partial charge in [0.1, 0.15) is 11.6 Å². The van der Waals surface area contributed by atoms with Crippen LogP contribution in [0.2, 0.25) is 0 Å². The number of nitrogens with zero attached hydrogens (tertiary/aromatic N) is 3. The molecule has 0 aliphatic heterocycles. The molecule has 1 aliphatic carbocycles. The molecule has 1 aliphatic rings. The van der Waals surface area contributed by atoms with Crippen LogP contribution >= 0.6 is 11.8 Å². The average molecular weight is 377 g/mol. The van der Waals surface area contributed by atoms with Crippen LogP contribution in [0, 0.1) is 11.7 Å². The third kappa shape index (κ3) is 5.06. The van der Waals surface area contributed by atoms with Gasteiger partial charge in [-0.3, -0.25) is 9.89 Å². The Bertz CT molecular complexity index is 745. The van der Waals surface area contributed by atoms with Crippen LogP contribution in [0.25, 0.3) is 0 Å². The number of aromatic amines is 1. The Balaban J connectivity index is 1.52. The zero-order valence-electron chi connectivity index (χ0n) is 15.2. The number of thioether (sulfide) groups is 1. The molecule has 26 heavy (non-hydrogen) atoms. The number of halogens is 1. The predicted molar refractivity (Wildman–Crippen MR) is 100 cm³/mol. The van der Waals surface area contributed by atoms with Crippen LogP contribution in [0.4, 0.5) is 4.39 Å². The van der Waals surface area contributed by atoms with Gasteiger partial charge in [-0.15, -0.1) is 5.10 Å². The van der Waals surface area contributed by atoms with E-state index in [2.05, 4.69) is 15.2 Å². The topological polar surface area (TPSA) is 61.9 Å². The lowest BCUT2D eigenvalue weighted by Gasteiger charge is -2.20. The number of carbonyl (C=O) groups excluding carboxylic acids is 1. The fourth-order valence-corrected chi connectivity index (χ4v) is 4.27. The van der Waals surface area contributed by atoms with Gasteiger partial charge in [0.05, 0.1) is 5.25 Å². The van der Waals surface area contributed by atoms with Crippen molar-refractivity contribution >= 4 is 17.7 Å². The van der Waals surface area contributed by atoms with E-state index in [1.807, 2.05) is 13.0 Å². The Kier molecular flexibility index (Phi) is 6.29. The van der Waals surface area contributed by atoms with Crippen molar-refractivity contribution in [3.05, 3.63) is 41.5 Å². The smallest absolute Gasteiger partial charge is 0.235 e. The highest BCUT2D eigenvalue weighted by molar-refractivity contribution is 8.00. The molecule has 1 atom stereocenters. The molecule has 3 rings (SSSR count). The molecule has 1 aromatic carbocycles. The van der Waals surface area contributed by atoms with Crippen LogP contribution in [0.1, 0.15) is 44.0 Å². The molecule has 7 heteroatoms. The monoisotopic (exact) mass is 376 g/mol. The molecule has 1 fully saturated rings. The molecule has 0 saturated heterocycles. The van der Waals surface area contributed by atoms with E-state index >= 15 is 0 Å². The molecule has 1 aromatic heterocycles. The predicted octanol–water partition coefficient (Wildman–Crippen LogP) is 3.82. The molecular formula is C19H25FN4OS. The van der Waals surface area contributed by atoms with E-state index in [0.717, 1.165) is 17.8 Å². The van der Waals surface area contributed by atoms with E-state index in [4.69, 9.17) is 0 Å². The summed E-state index contributed by atoms with van der Waals surface area (Å²) in [6.07, 6.45) is 6.09. The molecule has 1 N–H and O–H groups in total. The summed E-state index contributed by atoms with van der Waals surface area (Å²) in [5.74, 6) is 1.30. The molecular weight excluding hydrogens is 351 g/mol. The Labute approximate surface area is 157 Å². The Morgan fingerprint density at radius 1 is 1.42 bits per heavy atom. The zero-order valence-corrected chi connectivity index (χ0v) is 16.1. The number of benzene rings is 1. The van der Waals surface area contributed by atoms with Gasteiger partial charge in [0, 0.05) is 20.0 Å². The van der Waals surface area contributed by atoms with Gasteiger partial charge in [0.2, 0.25) is 11.1 Å². The van der Waals surface area contributed by atoms with E-state index in [1.54, 1.807) is 18.0 Å². The third-order valence-electron chi connectivity index (χ3n) is 4.78. The normalized spacial score (nSPS) is 16.0. The SMILES string of the molecule is CC(Sc1n[nH]c(CC2CCCC2)n1)C(=O)N(C)Cc1cccc(F)c1. The summed E-state index contributed by atoms with van der Waals surface area (Å²) in [5.41, 5.74) is 0.773. The van der Waals surface area contributed by atoms with Gasteiger partial charge < -0.3 is 4.90 Å². The van der Waals surface area contributed by atoms with Gasteiger partial charge in [-0.1, -0.05) is 49.6 Å². The largest absolute Gasteiger partial charge is 0.340 e. The highest BCUT2D eigenvalue weighted by atomic mass is 32.2. The number of nitrogens with one attached hydrogen (secondary N) is 1. The van der Waals surface area contributed by atoms with Gasteiger partial charge in [0.15, 0.2) is 0 Å². The second kappa shape index (κ2) is 8.66. The van der Waals surface area contributed by atoms with Gasteiger partial charge in [-0.2, -0.15) is 0 Å². The van der Waals surface area contributed by atoms with Crippen molar-refractivity contribution in [3.63, 3.8) is 0 Å². The minimum atomic E-state index is -0.302. The molecule has 0 bridgehead atoms. The second-order valence-corrected chi connectivity index (χ2v) is 8.31. The van der Waals surface area contributed by atoms with Gasteiger partial charge in [0.25, 0.3) is 0 Å². The average Bonchev–Trinajstić information content (AvgIpc) is 3.26. The van der Waals surface area contributed by atoms with Crippen LogP contribution in [0.5, 0.6) is 0 Å². The summed E-state index contributed by atoms with van der Waals surface area (Å²) in [6, 6.07) is 6.32. The molecule has 1 amide bonds. The Hall–Kier alpha value is -1.89. The molecule has 0 radical (unpaired) electrons. The number of H-pyrrole nitrogens is 1. The highest BCUT2D eigenvalue weighted by Gasteiger charge is 2.22. The van der Waals surface area contributed by atoms with E-state index in [9.17, 15) is 9.18 Å². The van der Waals surface area contributed by atoms with E-state index < -0.39 is 0 Å². The van der Waals surface area contributed by atoms with E-state index in [-0.39, 0.29) is 17.0 Å². The second-order valence-electron chi connectivity index (χ2n) is 7.00. The first kappa shape index (κ1) is 18.9. The number of hydrogen-bond donors (Lipinski definition) is 1. The first-order chi connectivity index (χ1) is 12.5. The van der Waals surface area contributed by atoms with Gasteiger partial charge in [-0.25, -0.2) is 9.37 Å².